The molecule has 6 nitrogen and oxygen atoms in total. The molecule has 36 heavy (non-hydrogen) atoms. The molecule has 6 heteroatoms. The van der Waals surface area contributed by atoms with E-state index in [9.17, 15) is 10.0 Å². The van der Waals surface area contributed by atoms with Crippen molar-refractivity contribution in [1.82, 2.24) is 4.98 Å². The van der Waals surface area contributed by atoms with Gasteiger partial charge < -0.3 is 14.7 Å². The summed E-state index contributed by atoms with van der Waals surface area (Å²) in [6.45, 7) is 1.97. The summed E-state index contributed by atoms with van der Waals surface area (Å²) in [6.07, 6.45) is 3.91. The number of esters is 1. The molecule has 1 atom stereocenters. The van der Waals surface area contributed by atoms with Gasteiger partial charge >= 0.3 is 5.97 Å². The molecule has 0 amide bonds. The number of rotatable bonds is 10. The molecule has 1 N–H and O–H groups in total. The highest BCUT2D eigenvalue weighted by Gasteiger charge is 2.19. The lowest BCUT2D eigenvalue weighted by Crippen LogP contribution is -2.14. The number of benzene rings is 3. The number of carbonyl (C=O) groups is 1. The summed E-state index contributed by atoms with van der Waals surface area (Å²) in [6, 6.07) is 29.8. The van der Waals surface area contributed by atoms with Gasteiger partial charge in [0, 0.05) is 30.3 Å². The predicted molar refractivity (Wildman–Crippen MR) is 139 cm³/mol. The minimum atomic E-state index is -0.392. The molecule has 1 aromatic heterocycles. The number of nitrogens with zero attached hydrogens (tertiary/aromatic N) is 2. The molecule has 0 radical (unpaired) electrons. The largest absolute Gasteiger partial charge is 0.482 e. The van der Waals surface area contributed by atoms with Crippen LogP contribution in [0.3, 0.4) is 0 Å². The van der Waals surface area contributed by atoms with Gasteiger partial charge in [-0.3, -0.25) is 4.98 Å². The Morgan fingerprint density at radius 2 is 1.61 bits per heavy atom. The molecule has 0 aliphatic rings. The third-order valence-corrected chi connectivity index (χ3v) is 5.88. The number of carbonyl (C=O) groups excluding carboxylic acids is 1. The highest BCUT2D eigenvalue weighted by molar-refractivity contribution is 6.00. The monoisotopic (exact) mass is 480 g/mol. The molecule has 4 rings (SSSR count). The van der Waals surface area contributed by atoms with Crippen molar-refractivity contribution in [2.45, 2.75) is 19.3 Å². The van der Waals surface area contributed by atoms with E-state index in [-0.39, 0.29) is 12.5 Å². The van der Waals surface area contributed by atoms with Crippen LogP contribution in [0.25, 0.3) is 11.1 Å². The van der Waals surface area contributed by atoms with Crippen molar-refractivity contribution >= 4 is 11.7 Å². The number of hydrogen-bond acceptors (Lipinski definition) is 6. The first kappa shape index (κ1) is 24.7. The standard InChI is InChI=1S/C30H28N2O4/c1-2-35-30(33)21-36-27-10-6-9-26(19-27)22-11-13-24(14-12-22)28(23-7-4-3-5-8-23)20-29(32-34)25-15-17-31-18-16-25/h3-19,28,34H,2,20-21H2,1H3/b32-29-. The number of hydrogen-bond donors (Lipinski definition) is 1. The van der Waals surface area contributed by atoms with Crippen LogP contribution < -0.4 is 4.74 Å². The van der Waals surface area contributed by atoms with E-state index < -0.39 is 5.97 Å². The van der Waals surface area contributed by atoms with Crippen LogP contribution in [-0.2, 0) is 9.53 Å². The van der Waals surface area contributed by atoms with Crippen molar-refractivity contribution in [1.29, 1.82) is 0 Å². The fourth-order valence-electron chi connectivity index (χ4n) is 4.09. The highest BCUT2D eigenvalue weighted by atomic mass is 16.6. The van der Waals surface area contributed by atoms with Gasteiger partial charge in [0.25, 0.3) is 0 Å². The Morgan fingerprint density at radius 3 is 2.31 bits per heavy atom. The summed E-state index contributed by atoms with van der Waals surface area (Å²) >= 11 is 0. The maximum Gasteiger partial charge on any atom is 0.344 e. The molecule has 0 saturated carbocycles. The maximum absolute atomic E-state index is 11.6. The smallest absolute Gasteiger partial charge is 0.344 e. The van der Waals surface area contributed by atoms with E-state index in [1.165, 1.54) is 0 Å². The Morgan fingerprint density at radius 1 is 0.889 bits per heavy atom. The minimum Gasteiger partial charge on any atom is -0.482 e. The van der Waals surface area contributed by atoms with Crippen LogP contribution in [0.1, 0.15) is 36.0 Å². The second-order valence-electron chi connectivity index (χ2n) is 8.19. The second kappa shape index (κ2) is 12.3. The molecule has 0 aliphatic heterocycles. The lowest BCUT2D eigenvalue weighted by atomic mass is 9.85. The first-order valence-electron chi connectivity index (χ1n) is 11.8. The first-order chi connectivity index (χ1) is 17.7. The van der Waals surface area contributed by atoms with Crippen molar-refractivity contribution in [3.63, 3.8) is 0 Å². The van der Waals surface area contributed by atoms with Crippen LogP contribution in [0.5, 0.6) is 5.75 Å². The third-order valence-electron chi connectivity index (χ3n) is 5.88. The summed E-state index contributed by atoms with van der Waals surface area (Å²) in [5.41, 5.74) is 5.68. The van der Waals surface area contributed by atoms with E-state index in [2.05, 4.69) is 46.5 Å². The lowest BCUT2D eigenvalue weighted by molar-refractivity contribution is -0.145. The summed E-state index contributed by atoms with van der Waals surface area (Å²) in [5, 5.41) is 13.4. The Kier molecular flexibility index (Phi) is 8.44. The summed E-state index contributed by atoms with van der Waals surface area (Å²) < 4.78 is 10.5. The summed E-state index contributed by atoms with van der Waals surface area (Å²) in [7, 11) is 0. The number of aromatic nitrogens is 1. The highest BCUT2D eigenvalue weighted by Crippen LogP contribution is 2.32. The first-order valence-corrected chi connectivity index (χ1v) is 11.8. The molecule has 4 aromatic rings. The Balaban J connectivity index is 1.57. The van der Waals surface area contributed by atoms with Gasteiger partial charge in [0.1, 0.15) is 5.75 Å². The van der Waals surface area contributed by atoms with Gasteiger partial charge in [0.2, 0.25) is 0 Å². The topological polar surface area (TPSA) is 81.0 Å². The SMILES string of the molecule is CCOC(=O)COc1cccc(-c2ccc(C(C/C(=N/O)c3ccncc3)c3ccccc3)cc2)c1. The zero-order valence-corrected chi connectivity index (χ0v) is 20.1. The normalized spacial score (nSPS) is 12.1. The zero-order chi connectivity index (χ0) is 25.2. The van der Waals surface area contributed by atoms with Crippen molar-refractivity contribution in [2.75, 3.05) is 13.2 Å². The van der Waals surface area contributed by atoms with Crippen molar-refractivity contribution in [2.24, 2.45) is 5.16 Å². The molecule has 0 aliphatic carbocycles. The van der Waals surface area contributed by atoms with Crippen LogP contribution in [-0.4, -0.2) is 35.1 Å². The van der Waals surface area contributed by atoms with E-state index in [1.54, 1.807) is 19.3 Å². The van der Waals surface area contributed by atoms with Crippen LogP contribution in [0, 0.1) is 0 Å². The zero-order valence-electron chi connectivity index (χ0n) is 20.1. The molecular formula is C30H28N2O4. The Labute approximate surface area is 210 Å². The molecular weight excluding hydrogens is 452 g/mol. The van der Waals surface area contributed by atoms with Crippen LogP contribution in [0.2, 0.25) is 0 Å². The number of ether oxygens (including phenoxy) is 2. The minimum absolute atomic E-state index is 0.00133. The molecule has 1 heterocycles. The van der Waals surface area contributed by atoms with Crippen LogP contribution >= 0.6 is 0 Å². The van der Waals surface area contributed by atoms with Gasteiger partial charge in [-0.2, -0.15) is 0 Å². The molecule has 0 fully saturated rings. The van der Waals surface area contributed by atoms with Gasteiger partial charge in [0.15, 0.2) is 6.61 Å². The van der Waals surface area contributed by atoms with Crippen LogP contribution in [0.4, 0.5) is 0 Å². The Bertz CT molecular complexity index is 1290. The molecule has 0 saturated heterocycles. The van der Waals surface area contributed by atoms with Gasteiger partial charge in [-0.25, -0.2) is 4.79 Å². The van der Waals surface area contributed by atoms with E-state index >= 15 is 0 Å². The molecule has 3 aromatic carbocycles. The average molecular weight is 481 g/mol. The van der Waals surface area contributed by atoms with E-state index in [0.29, 0.717) is 24.5 Å². The predicted octanol–water partition coefficient (Wildman–Crippen LogP) is 6.09. The average Bonchev–Trinajstić information content (AvgIpc) is 2.94. The van der Waals surface area contributed by atoms with Crippen molar-refractivity contribution in [3.8, 4) is 16.9 Å². The lowest BCUT2D eigenvalue weighted by Gasteiger charge is -2.19. The van der Waals surface area contributed by atoms with E-state index in [1.807, 2.05) is 54.6 Å². The molecule has 1 unspecified atom stereocenters. The van der Waals surface area contributed by atoms with Gasteiger partial charge in [-0.1, -0.05) is 71.9 Å². The van der Waals surface area contributed by atoms with Gasteiger partial charge in [0.05, 0.1) is 12.3 Å². The number of oxime groups is 1. The third kappa shape index (κ3) is 6.36. The maximum atomic E-state index is 11.6. The quantitative estimate of drug-likeness (QED) is 0.129. The van der Waals surface area contributed by atoms with Crippen molar-refractivity contribution < 1.29 is 19.5 Å². The molecule has 0 bridgehead atoms. The summed E-state index contributed by atoms with van der Waals surface area (Å²) in [4.78, 5) is 15.7. The molecule has 0 spiro atoms. The van der Waals surface area contributed by atoms with Crippen LogP contribution in [0.15, 0.2) is 109 Å². The fraction of sp³-hybridized carbons (Fsp3) is 0.167. The number of pyridine rings is 1. The summed E-state index contributed by atoms with van der Waals surface area (Å²) in [5.74, 6) is 0.211. The van der Waals surface area contributed by atoms with Gasteiger partial charge in [-0.05, 0) is 53.4 Å². The van der Waals surface area contributed by atoms with E-state index in [4.69, 9.17) is 9.47 Å². The Hall–Kier alpha value is -4.45. The van der Waals surface area contributed by atoms with Gasteiger partial charge in [-0.15, -0.1) is 0 Å². The second-order valence-corrected chi connectivity index (χ2v) is 8.19. The fourth-order valence-corrected chi connectivity index (χ4v) is 4.09. The van der Waals surface area contributed by atoms with E-state index in [0.717, 1.165) is 27.8 Å². The van der Waals surface area contributed by atoms with Crippen molar-refractivity contribution in [3.05, 3.63) is 120 Å². The molecule has 182 valence electrons.